The number of alkyl halides is 3. The van der Waals surface area contributed by atoms with E-state index in [1.54, 1.807) is 0 Å². The van der Waals surface area contributed by atoms with Crippen molar-refractivity contribution < 1.29 is 22.4 Å². The number of ether oxygens (including phenoxy) is 1. The van der Waals surface area contributed by atoms with Gasteiger partial charge < -0.3 is 14.2 Å². The number of nitrogens with zero attached hydrogens (tertiary/aromatic N) is 4. The first kappa shape index (κ1) is 21.3. The smallest absolute Gasteiger partial charge is 0.378 e. The summed E-state index contributed by atoms with van der Waals surface area (Å²) in [5.74, 6) is 0.675. The Morgan fingerprint density at radius 2 is 1.65 bits per heavy atom. The maximum Gasteiger partial charge on any atom is 0.416 e. The van der Waals surface area contributed by atoms with Gasteiger partial charge in [0.2, 0.25) is 11.7 Å². The number of aromatic nitrogens is 2. The van der Waals surface area contributed by atoms with Gasteiger partial charge in [0.1, 0.15) is 0 Å². The van der Waals surface area contributed by atoms with Crippen LogP contribution in [0.15, 0.2) is 53.1 Å². The Labute approximate surface area is 178 Å². The van der Waals surface area contributed by atoms with E-state index >= 15 is 0 Å². The van der Waals surface area contributed by atoms with Gasteiger partial charge in [-0.3, -0.25) is 4.90 Å². The second-order valence-corrected chi connectivity index (χ2v) is 7.52. The third-order valence-corrected chi connectivity index (χ3v) is 5.11. The average molecular weight is 432 g/mol. The summed E-state index contributed by atoms with van der Waals surface area (Å²) >= 11 is 0. The lowest BCUT2D eigenvalue weighted by Gasteiger charge is -2.29. The summed E-state index contributed by atoms with van der Waals surface area (Å²) < 4.78 is 48.8. The number of halogens is 3. The van der Waals surface area contributed by atoms with Gasteiger partial charge in [-0.2, -0.15) is 18.2 Å². The van der Waals surface area contributed by atoms with Gasteiger partial charge in [-0.05, 0) is 36.9 Å². The second kappa shape index (κ2) is 9.07. The highest BCUT2D eigenvalue weighted by molar-refractivity contribution is 5.54. The first-order chi connectivity index (χ1) is 14.9. The summed E-state index contributed by atoms with van der Waals surface area (Å²) in [4.78, 5) is 8.65. The van der Waals surface area contributed by atoms with Crippen LogP contribution in [0.4, 0.5) is 18.9 Å². The molecule has 2 heterocycles. The summed E-state index contributed by atoms with van der Waals surface area (Å²) in [6.45, 7) is 4.43. The molecule has 6 nitrogen and oxygen atoms in total. The maximum absolute atomic E-state index is 12.7. The first-order valence-electron chi connectivity index (χ1n) is 9.99. The normalized spacial score (nSPS) is 14.9. The van der Waals surface area contributed by atoms with Gasteiger partial charge in [-0.15, -0.1) is 0 Å². The van der Waals surface area contributed by atoms with Crippen LogP contribution in [0, 0.1) is 0 Å². The highest BCUT2D eigenvalue weighted by Crippen LogP contribution is 2.30. The fraction of sp³-hybridized carbons (Fsp3) is 0.364. The number of hydrogen-bond donors (Lipinski definition) is 0. The Hall–Kier alpha value is -2.91. The molecule has 0 unspecified atom stereocenters. The molecule has 31 heavy (non-hydrogen) atoms. The van der Waals surface area contributed by atoms with Crippen LogP contribution in [0.1, 0.15) is 17.0 Å². The fourth-order valence-corrected chi connectivity index (χ4v) is 3.48. The predicted octanol–water partition coefficient (Wildman–Crippen LogP) is 4.22. The second-order valence-electron chi connectivity index (χ2n) is 7.52. The summed E-state index contributed by atoms with van der Waals surface area (Å²) in [6, 6.07) is 13.1. The van der Waals surface area contributed by atoms with E-state index in [4.69, 9.17) is 9.26 Å². The molecule has 1 saturated heterocycles. The van der Waals surface area contributed by atoms with Gasteiger partial charge in [0.15, 0.2) is 0 Å². The number of morpholine rings is 1. The zero-order valence-corrected chi connectivity index (χ0v) is 17.1. The molecule has 0 saturated carbocycles. The molecule has 1 aliphatic rings. The third kappa shape index (κ3) is 5.42. The molecule has 4 rings (SSSR count). The topological polar surface area (TPSA) is 54.6 Å². The van der Waals surface area contributed by atoms with Crippen molar-refractivity contribution in [2.45, 2.75) is 19.3 Å². The first-order valence-corrected chi connectivity index (χ1v) is 9.99. The number of benzene rings is 2. The quantitative estimate of drug-likeness (QED) is 0.581. The average Bonchev–Trinajstić information content (AvgIpc) is 3.23. The molecule has 0 spiro atoms. The largest absolute Gasteiger partial charge is 0.416 e. The van der Waals surface area contributed by atoms with Crippen LogP contribution in [0.3, 0.4) is 0 Å². The monoisotopic (exact) mass is 432 g/mol. The molecule has 1 fully saturated rings. The highest BCUT2D eigenvalue weighted by Gasteiger charge is 2.30. The van der Waals surface area contributed by atoms with E-state index in [9.17, 15) is 13.2 Å². The highest BCUT2D eigenvalue weighted by atomic mass is 19.4. The molecular weight excluding hydrogens is 409 g/mol. The van der Waals surface area contributed by atoms with Crippen LogP contribution in [0.25, 0.3) is 11.4 Å². The van der Waals surface area contributed by atoms with Crippen LogP contribution in [-0.2, 0) is 24.0 Å². The summed E-state index contributed by atoms with van der Waals surface area (Å²) in [5, 5.41) is 3.89. The van der Waals surface area contributed by atoms with Gasteiger partial charge >= 0.3 is 6.18 Å². The molecule has 1 aromatic heterocycles. The van der Waals surface area contributed by atoms with Gasteiger partial charge in [-0.1, -0.05) is 29.4 Å². The Morgan fingerprint density at radius 1 is 0.968 bits per heavy atom. The van der Waals surface area contributed by atoms with E-state index in [1.165, 1.54) is 17.8 Å². The molecule has 9 heteroatoms. The summed E-state index contributed by atoms with van der Waals surface area (Å²) in [5.41, 5.74) is 2.11. The molecule has 0 radical (unpaired) electrons. The molecule has 0 N–H and O–H groups in total. The SMILES string of the molecule is CN(Cc1ccc(N2CCOCC2)cc1)Cc1nc(-c2ccc(C(F)(F)F)cc2)no1. The Kier molecular flexibility index (Phi) is 6.24. The van der Waals surface area contributed by atoms with Crippen molar-refractivity contribution in [3.05, 3.63) is 65.5 Å². The van der Waals surface area contributed by atoms with Crippen LogP contribution >= 0.6 is 0 Å². The lowest BCUT2D eigenvalue weighted by atomic mass is 10.1. The fourth-order valence-electron chi connectivity index (χ4n) is 3.48. The Bertz CT molecular complexity index is 981. The predicted molar refractivity (Wildman–Crippen MR) is 109 cm³/mol. The Morgan fingerprint density at radius 3 is 2.29 bits per heavy atom. The minimum atomic E-state index is -4.37. The van der Waals surface area contributed by atoms with Crippen molar-refractivity contribution in [2.24, 2.45) is 0 Å². The minimum absolute atomic E-state index is 0.270. The third-order valence-electron chi connectivity index (χ3n) is 5.11. The molecule has 164 valence electrons. The summed E-state index contributed by atoms with van der Waals surface area (Å²) in [7, 11) is 1.94. The van der Waals surface area contributed by atoms with Crippen LogP contribution < -0.4 is 4.90 Å². The van der Waals surface area contributed by atoms with Crippen molar-refractivity contribution in [3.8, 4) is 11.4 Å². The van der Waals surface area contributed by atoms with Gasteiger partial charge in [-0.25, -0.2) is 0 Å². The molecule has 0 atom stereocenters. The van der Waals surface area contributed by atoms with Crippen molar-refractivity contribution in [1.29, 1.82) is 0 Å². The van der Waals surface area contributed by atoms with E-state index in [0.717, 1.165) is 44.0 Å². The van der Waals surface area contributed by atoms with Crippen molar-refractivity contribution in [1.82, 2.24) is 15.0 Å². The molecule has 0 bridgehead atoms. The van der Waals surface area contributed by atoms with E-state index in [2.05, 4.69) is 39.3 Å². The summed E-state index contributed by atoms with van der Waals surface area (Å²) in [6.07, 6.45) is -4.37. The number of rotatable bonds is 6. The van der Waals surface area contributed by atoms with E-state index < -0.39 is 11.7 Å². The standard InChI is InChI=1S/C22H23F3N4O2/c1-28(14-16-2-8-19(9-3-16)29-10-12-30-13-11-29)15-20-26-21(27-31-20)17-4-6-18(7-5-17)22(23,24)25/h2-9H,10-15H2,1H3. The zero-order valence-electron chi connectivity index (χ0n) is 17.1. The van der Waals surface area contributed by atoms with Gasteiger partial charge in [0.05, 0.1) is 25.3 Å². The molecule has 3 aromatic rings. The van der Waals surface area contributed by atoms with Crippen molar-refractivity contribution in [2.75, 3.05) is 38.3 Å². The van der Waals surface area contributed by atoms with Crippen LogP contribution in [0.2, 0.25) is 0 Å². The minimum Gasteiger partial charge on any atom is -0.378 e. The molecular formula is C22H23F3N4O2. The van der Waals surface area contributed by atoms with E-state index in [1.807, 2.05) is 11.9 Å². The van der Waals surface area contributed by atoms with E-state index in [-0.39, 0.29) is 5.82 Å². The van der Waals surface area contributed by atoms with Crippen LogP contribution in [-0.4, -0.2) is 48.4 Å². The van der Waals surface area contributed by atoms with E-state index in [0.29, 0.717) is 24.5 Å². The molecule has 2 aromatic carbocycles. The molecule has 0 amide bonds. The maximum atomic E-state index is 12.7. The number of hydrogen-bond acceptors (Lipinski definition) is 6. The lowest BCUT2D eigenvalue weighted by molar-refractivity contribution is -0.137. The lowest BCUT2D eigenvalue weighted by Crippen LogP contribution is -2.36. The van der Waals surface area contributed by atoms with Gasteiger partial charge in [0, 0.05) is 30.9 Å². The number of anilines is 1. The Balaban J connectivity index is 1.34. The van der Waals surface area contributed by atoms with Gasteiger partial charge in [0.25, 0.3) is 0 Å². The molecule has 1 aliphatic heterocycles. The zero-order chi connectivity index (χ0) is 21.8. The molecule has 0 aliphatic carbocycles. The van der Waals surface area contributed by atoms with Crippen molar-refractivity contribution >= 4 is 5.69 Å². The van der Waals surface area contributed by atoms with Crippen LogP contribution in [0.5, 0.6) is 0 Å². The van der Waals surface area contributed by atoms with Crippen molar-refractivity contribution in [3.63, 3.8) is 0 Å².